The van der Waals surface area contributed by atoms with Crippen LogP contribution in [0, 0.1) is 12.7 Å². The van der Waals surface area contributed by atoms with Gasteiger partial charge in [-0.2, -0.15) is 22.0 Å². The first-order valence-electron chi connectivity index (χ1n) is 14.6. The average molecular weight is 647 g/mol. The Balaban J connectivity index is 1.45. The van der Waals surface area contributed by atoms with E-state index in [1.807, 2.05) is 91.0 Å². The highest BCUT2D eigenvalue weighted by molar-refractivity contribution is 5.22. The van der Waals surface area contributed by atoms with Crippen LogP contribution in [0.1, 0.15) is 33.9 Å². The summed E-state index contributed by atoms with van der Waals surface area (Å²) in [6.07, 6.45) is -10.1. The van der Waals surface area contributed by atoms with Gasteiger partial charge in [0.2, 0.25) is 0 Å². The lowest BCUT2D eigenvalue weighted by molar-refractivity contribution is -0.292. The van der Waals surface area contributed by atoms with Crippen molar-refractivity contribution in [3.8, 4) is 0 Å². The van der Waals surface area contributed by atoms with Crippen molar-refractivity contribution in [3.05, 3.63) is 131 Å². The van der Waals surface area contributed by atoms with Crippen molar-refractivity contribution in [2.24, 2.45) is 0 Å². The van der Waals surface area contributed by atoms with E-state index in [0.29, 0.717) is 0 Å². The minimum absolute atomic E-state index is 0.0265. The molecule has 0 radical (unpaired) electrons. The smallest absolute Gasteiger partial charge is 0.374 e. The van der Waals surface area contributed by atoms with Crippen molar-refractivity contribution in [1.29, 1.82) is 0 Å². The fraction of sp³-hybridized carbons (Fsp3) is 0.353. The van der Waals surface area contributed by atoms with Crippen LogP contribution in [-0.4, -0.2) is 47.2 Å². The summed E-state index contributed by atoms with van der Waals surface area (Å²) in [7, 11) is 0. The Morgan fingerprint density at radius 2 is 1.15 bits per heavy atom. The van der Waals surface area contributed by atoms with Crippen molar-refractivity contribution in [2.75, 3.05) is 6.61 Å². The van der Waals surface area contributed by atoms with Gasteiger partial charge in [0.25, 0.3) is 0 Å². The normalized spacial score (nSPS) is 20.2. The minimum Gasteiger partial charge on any atom is -0.374 e. The second kappa shape index (κ2) is 14.7. The van der Waals surface area contributed by atoms with E-state index in [4.69, 9.17) is 18.9 Å². The van der Waals surface area contributed by atoms with Crippen molar-refractivity contribution < 1.29 is 45.3 Å². The molecule has 0 saturated carbocycles. The molecule has 1 aromatic heterocycles. The monoisotopic (exact) mass is 646 g/mol. The van der Waals surface area contributed by atoms with E-state index >= 15 is 4.39 Å². The van der Waals surface area contributed by atoms with Crippen molar-refractivity contribution in [2.45, 2.75) is 69.7 Å². The van der Waals surface area contributed by atoms with Crippen LogP contribution < -0.4 is 0 Å². The van der Waals surface area contributed by atoms with Gasteiger partial charge in [-0.1, -0.05) is 91.0 Å². The quantitative estimate of drug-likeness (QED) is 0.142. The molecule has 46 heavy (non-hydrogen) atoms. The zero-order valence-electron chi connectivity index (χ0n) is 24.8. The molecule has 1 aliphatic rings. The van der Waals surface area contributed by atoms with Gasteiger partial charge in [-0.05, 0) is 23.6 Å². The Morgan fingerprint density at radius 3 is 1.65 bits per heavy atom. The molecule has 0 aliphatic carbocycles. The molecule has 4 aromatic rings. The van der Waals surface area contributed by atoms with Crippen LogP contribution in [-0.2, 0) is 51.1 Å². The summed E-state index contributed by atoms with van der Waals surface area (Å²) in [4.78, 5) is 7.03. The molecule has 0 spiro atoms. The summed E-state index contributed by atoms with van der Waals surface area (Å²) < 4.78 is 108. The van der Waals surface area contributed by atoms with E-state index in [-0.39, 0.29) is 26.4 Å². The fourth-order valence-corrected chi connectivity index (χ4v) is 5.19. The zero-order valence-corrected chi connectivity index (χ0v) is 24.8. The Labute approximate surface area is 262 Å². The number of aromatic nitrogens is 2. The third-order valence-electron chi connectivity index (χ3n) is 7.45. The van der Waals surface area contributed by atoms with Crippen LogP contribution in [0.3, 0.4) is 0 Å². The number of halogens is 6. The number of ether oxygens (including phenoxy) is 4. The molecular formula is C34H32F6N2O4. The number of hydrogen-bond donors (Lipinski definition) is 0. The number of aryl methyl sites for hydroxylation is 1. The predicted molar refractivity (Wildman–Crippen MR) is 155 cm³/mol. The van der Waals surface area contributed by atoms with Crippen LogP contribution in [0.5, 0.6) is 0 Å². The van der Waals surface area contributed by atoms with Gasteiger partial charge in [-0.25, -0.2) is 14.4 Å². The molecule has 0 N–H and O–H groups in total. The molecule has 0 amide bonds. The highest BCUT2D eigenvalue weighted by atomic mass is 19.4. The van der Waals surface area contributed by atoms with Crippen LogP contribution in [0.15, 0.2) is 91.0 Å². The molecular weight excluding hydrogens is 614 g/mol. The van der Waals surface area contributed by atoms with Crippen LogP contribution in [0.4, 0.5) is 26.3 Å². The van der Waals surface area contributed by atoms with Gasteiger partial charge in [-0.3, -0.25) is 0 Å². The lowest BCUT2D eigenvalue weighted by Crippen LogP contribution is -2.40. The molecule has 244 valence electrons. The van der Waals surface area contributed by atoms with E-state index in [0.717, 1.165) is 23.6 Å². The molecule has 5 rings (SSSR count). The molecule has 0 bridgehead atoms. The molecule has 1 aliphatic heterocycles. The summed E-state index contributed by atoms with van der Waals surface area (Å²) in [5.41, 5.74) is -0.122. The molecule has 0 unspecified atom stereocenters. The van der Waals surface area contributed by atoms with E-state index in [1.165, 1.54) is 0 Å². The minimum atomic E-state index is -6.06. The predicted octanol–water partition coefficient (Wildman–Crippen LogP) is 7.28. The van der Waals surface area contributed by atoms with Gasteiger partial charge in [0.15, 0.2) is 11.5 Å². The molecule has 1 saturated heterocycles. The first-order chi connectivity index (χ1) is 22.0. The Kier molecular flexibility index (Phi) is 10.7. The van der Waals surface area contributed by atoms with Crippen molar-refractivity contribution in [1.82, 2.24) is 9.97 Å². The van der Waals surface area contributed by atoms with Gasteiger partial charge < -0.3 is 18.9 Å². The largest absolute Gasteiger partial charge is 0.459 e. The lowest BCUT2D eigenvalue weighted by atomic mass is 10.0. The SMILES string of the molecule is Cc1nc(C[C@H]2O[C@H](COCc3ccccc3)[C@@H](OCc3ccccc3)[C@H]2OCc2ccccc2)c(F)c(C(F)(F)C(F)(F)F)n1. The topological polar surface area (TPSA) is 62.7 Å². The number of rotatable bonds is 13. The van der Waals surface area contributed by atoms with Gasteiger partial charge in [0, 0.05) is 6.42 Å². The first-order valence-corrected chi connectivity index (χ1v) is 14.6. The number of alkyl halides is 5. The van der Waals surface area contributed by atoms with Crippen LogP contribution in [0.25, 0.3) is 0 Å². The molecule has 1 fully saturated rings. The Morgan fingerprint density at radius 1 is 0.674 bits per heavy atom. The highest BCUT2D eigenvalue weighted by Crippen LogP contribution is 2.44. The summed E-state index contributed by atoms with van der Waals surface area (Å²) in [5.74, 6) is -7.84. The van der Waals surface area contributed by atoms with Crippen LogP contribution in [0.2, 0.25) is 0 Å². The maximum atomic E-state index is 15.4. The van der Waals surface area contributed by atoms with E-state index < -0.39 is 66.0 Å². The fourth-order valence-electron chi connectivity index (χ4n) is 5.19. The average Bonchev–Trinajstić information content (AvgIpc) is 3.36. The number of benzene rings is 3. The third kappa shape index (κ3) is 8.11. The second-order valence-corrected chi connectivity index (χ2v) is 10.9. The molecule has 12 heteroatoms. The molecule has 6 nitrogen and oxygen atoms in total. The van der Waals surface area contributed by atoms with E-state index in [9.17, 15) is 22.0 Å². The lowest BCUT2D eigenvalue weighted by Gasteiger charge is -2.25. The van der Waals surface area contributed by atoms with Gasteiger partial charge in [0.1, 0.15) is 24.1 Å². The van der Waals surface area contributed by atoms with Gasteiger partial charge >= 0.3 is 12.1 Å². The Hall–Kier alpha value is -3.84. The number of hydrogen-bond acceptors (Lipinski definition) is 6. The zero-order chi connectivity index (χ0) is 32.7. The Bertz CT molecular complexity index is 1540. The molecule has 4 atom stereocenters. The second-order valence-electron chi connectivity index (χ2n) is 10.9. The van der Waals surface area contributed by atoms with Crippen molar-refractivity contribution in [3.63, 3.8) is 0 Å². The summed E-state index contributed by atoms with van der Waals surface area (Å²) in [6.45, 7) is 1.65. The van der Waals surface area contributed by atoms with Gasteiger partial charge in [0.05, 0.1) is 38.2 Å². The van der Waals surface area contributed by atoms with E-state index in [1.54, 1.807) is 0 Å². The van der Waals surface area contributed by atoms with Gasteiger partial charge in [-0.15, -0.1) is 0 Å². The maximum Gasteiger partial charge on any atom is 0.459 e. The summed E-state index contributed by atoms with van der Waals surface area (Å²) in [6, 6.07) is 27.9. The molecule has 3 aromatic carbocycles. The molecule has 2 heterocycles. The summed E-state index contributed by atoms with van der Waals surface area (Å²) in [5, 5.41) is 0. The standard InChI is InChI=1S/C34H32F6N2O4/c1-22-41-26(29(35)32(42-22)33(36,37)34(38,39)40)17-27-30(44-19-24-13-7-3-8-14-24)31(45-20-25-15-9-4-10-16-25)28(46-27)21-43-18-23-11-5-2-6-12-23/h2-16,27-28,30-31H,17-21H2,1H3/t27-,28-,30+,31-/m1/s1. The van der Waals surface area contributed by atoms with Crippen molar-refractivity contribution >= 4 is 0 Å². The summed E-state index contributed by atoms with van der Waals surface area (Å²) >= 11 is 0. The maximum absolute atomic E-state index is 15.4. The first kappa shape index (κ1) is 33.5. The van der Waals surface area contributed by atoms with Crippen LogP contribution >= 0.6 is 0 Å². The van der Waals surface area contributed by atoms with E-state index in [2.05, 4.69) is 9.97 Å². The highest BCUT2D eigenvalue weighted by Gasteiger charge is 2.61. The third-order valence-corrected chi connectivity index (χ3v) is 7.45. The number of nitrogens with zero attached hydrogens (tertiary/aromatic N) is 2.